The second kappa shape index (κ2) is 5.81. The smallest absolute Gasteiger partial charge is 0.161 e. The number of rotatable bonds is 3. The molecule has 0 spiro atoms. The van der Waals surface area contributed by atoms with Gasteiger partial charge in [-0.25, -0.2) is 4.39 Å². The highest BCUT2D eigenvalue weighted by molar-refractivity contribution is 9.10. The summed E-state index contributed by atoms with van der Waals surface area (Å²) in [6, 6.07) is 10.7. The van der Waals surface area contributed by atoms with Crippen LogP contribution in [0.1, 0.15) is 17.0 Å². The molecular formula is C14H11BrFN3. The lowest BCUT2D eigenvalue weighted by atomic mass is 10.2. The third-order valence-corrected chi connectivity index (χ3v) is 3.38. The Morgan fingerprint density at radius 1 is 1.37 bits per heavy atom. The van der Waals surface area contributed by atoms with Crippen LogP contribution in [0.2, 0.25) is 0 Å². The van der Waals surface area contributed by atoms with Crippen LogP contribution in [0.3, 0.4) is 0 Å². The fraction of sp³-hybridized carbons (Fsp3) is 0.143. The quantitative estimate of drug-likeness (QED) is 0.936. The van der Waals surface area contributed by atoms with Gasteiger partial charge >= 0.3 is 0 Å². The molecule has 0 bridgehead atoms. The largest absolute Gasteiger partial charge is 0.377 e. The molecule has 0 saturated heterocycles. The Bertz CT molecular complexity index is 650. The normalized spacial score (nSPS) is 10.0. The minimum Gasteiger partial charge on any atom is -0.377 e. The van der Waals surface area contributed by atoms with Crippen LogP contribution < -0.4 is 5.32 Å². The van der Waals surface area contributed by atoms with Gasteiger partial charge in [0.15, 0.2) is 5.82 Å². The average Bonchev–Trinajstić information content (AvgIpc) is 2.41. The summed E-state index contributed by atoms with van der Waals surface area (Å²) in [7, 11) is 0. The number of halogens is 2. The number of anilines is 1. The topological polar surface area (TPSA) is 48.7 Å². The maximum atomic E-state index is 14.0. The predicted molar refractivity (Wildman–Crippen MR) is 75.1 cm³/mol. The lowest BCUT2D eigenvalue weighted by Gasteiger charge is -2.09. The van der Waals surface area contributed by atoms with Crippen molar-refractivity contribution < 1.29 is 4.39 Å². The molecule has 2 aromatic rings. The van der Waals surface area contributed by atoms with Crippen LogP contribution in [-0.2, 0) is 6.54 Å². The summed E-state index contributed by atoms with van der Waals surface area (Å²) in [5, 5.41) is 11.8. The lowest BCUT2D eigenvalue weighted by Crippen LogP contribution is -2.04. The van der Waals surface area contributed by atoms with Crippen LogP contribution in [0.25, 0.3) is 0 Å². The van der Waals surface area contributed by atoms with E-state index in [9.17, 15) is 4.39 Å². The van der Waals surface area contributed by atoms with Gasteiger partial charge in [-0.2, -0.15) is 5.26 Å². The first kappa shape index (κ1) is 13.5. The predicted octanol–water partition coefficient (Wildman–Crippen LogP) is 3.78. The molecule has 19 heavy (non-hydrogen) atoms. The van der Waals surface area contributed by atoms with Crippen molar-refractivity contribution in [3.63, 3.8) is 0 Å². The molecule has 0 aliphatic heterocycles. The zero-order valence-corrected chi connectivity index (χ0v) is 11.8. The number of pyridine rings is 1. The van der Waals surface area contributed by atoms with Crippen molar-refractivity contribution in [2.24, 2.45) is 0 Å². The standard InChI is InChI=1S/C14H11BrFN3/c1-9-3-2-4-11(19-9)8-18-12-6-5-10(7-17)13(15)14(12)16/h2-6,18H,8H2,1H3. The van der Waals surface area contributed by atoms with Gasteiger partial charge in [0.1, 0.15) is 6.07 Å². The average molecular weight is 320 g/mol. The van der Waals surface area contributed by atoms with Crippen molar-refractivity contribution in [3.05, 3.63) is 57.6 Å². The van der Waals surface area contributed by atoms with E-state index in [-0.39, 0.29) is 10.0 Å². The third-order valence-electron chi connectivity index (χ3n) is 2.61. The van der Waals surface area contributed by atoms with E-state index < -0.39 is 5.82 Å². The number of nitrogens with one attached hydrogen (secondary N) is 1. The Morgan fingerprint density at radius 3 is 2.84 bits per heavy atom. The molecule has 0 atom stereocenters. The molecular weight excluding hydrogens is 309 g/mol. The van der Waals surface area contributed by atoms with Gasteiger partial charge < -0.3 is 5.32 Å². The maximum absolute atomic E-state index is 14.0. The summed E-state index contributed by atoms with van der Waals surface area (Å²) in [5.74, 6) is -0.466. The molecule has 0 unspecified atom stereocenters. The number of aryl methyl sites for hydroxylation is 1. The van der Waals surface area contributed by atoms with Crippen LogP contribution in [-0.4, -0.2) is 4.98 Å². The van der Waals surface area contributed by atoms with E-state index in [2.05, 4.69) is 26.2 Å². The zero-order valence-electron chi connectivity index (χ0n) is 10.2. The number of nitrogens with zero attached hydrogens (tertiary/aromatic N) is 2. The second-order valence-corrected chi connectivity index (χ2v) is 4.82. The molecule has 96 valence electrons. The lowest BCUT2D eigenvalue weighted by molar-refractivity contribution is 0.622. The zero-order chi connectivity index (χ0) is 13.8. The number of benzene rings is 1. The van der Waals surface area contributed by atoms with Crippen molar-refractivity contribution >= 4 is 21.6 Å². The summed E-state index contributed by atoms with van der Waals surface area (Å²) < 4.78 is 14.1. The summed E-state index contributed by atoms with van der Waals surface area (Å²) in [6.07, 6.45) is 0. The van der Waals surface area contributed by atoms with Gasteiger partial charge in [0.2, 0.25) is 0 Å². The fourth-order valence-electron chi connectivity index (χ4n) is 1.66. The molecule has 3 nitrogen and oxygen atoms in total. The summed E-state index contributed by atoms with van der Waals surface area (Å²) in [5.41, 5.74) is 2.37. The SMILES string of the molecule is Cc1cccc(CNc2ccc(C#N)c(Br)c2F)n1. The van der Waals surface area contributed by atoms with E-state index in [0.717, 1.165) is 11.4 Å². The summed E-state index contributed by atoms with van der Waals surface area (Å²) in [4.78, 5) is 4.33. The van der Waals surface area contributed by atoms with Gasteiger partial charge in [0.05, 0.1) is 28.0 Å². The second-order valence-electron chi connectivity index (χ2n) is 4.02. The number of nitriles is 1. The first-order valence-electron chi connectivity index (χ1n) is 5.66. The number of hydrogen-bond acceptors (Lipinski definition) is 3. The van der Waals surface area contributed by atoms with E-state index >= 15 is 0 Å². The van der Waals surface area contributed by atoms with Crippen LogP contribution in [0.15, 0.2) is 34.8 Å². The van der Waals surface area contributed by atoms with Gasteiger partial charge in [0.25, 0.3) is 0 Å². The minimum atomic E-state index is -0.466. The molecule has 1 N–H and O–H groups in total. The molecule has 0 radical (unpaired) electrons. The monoisotopic (exact) mass is 319 g/mol. The van der Waals surface area contributed by atoms with Gasteiger partial charge in [0, 0.05) is 5.69 Å². The molecule has 0 aliphatic carbocycles. The summed E-state index contributed by atoms with van der Waals surface area (Å²) >= 11 is 3.08. The molecule has 0 amide bonds. The molecule has 2 rings (SSSR count). The van der Waals surface area contributed by atoms with Gasteiger partial charge in [-0.05, 0) is 47.1 Å². The van der Waals surface area contributed by atoms with Crippen molar-refractivity contribution in [1.82, 2.24) is 4.98 Å². The van der Waals surface area contributed by atoms with Crippen LogP contribution in [0.5, 0.6) is 0 Å². The fourth-order valence-corrected chi connectivity index (χ4v) is 2.09. The molecule has 1 aromatic carbocycles. The van der Waals surface area contributed by atoms with E-state index in [0.29, 0.717) is 12.2 Å². The van der Waals surface area contributed by atoms with Crippen LogP contribution >= 0.6 is 15.9 Å². The Balaban J connectivity index is 2.17. The molecule has 5 heteroatoms. The highest BCUT2D eigenvalue weighted by Crippen LogP contribution is 2.26. The number of hydrogen-bond donors (Lipinski definition) is 1. The highest BCUT2D eigenvalue weighted by atomic mass is 79.9. The van der Waals surface area contributed by atoms with E-state index in [1.54, 1.807) is 12.1 Å². The van der Waals surface area contributed by atoms with E-state index in [1.807, 2.05) is 31.2 Å². The van der Waals surface area contributed by atoms with E-state index in [1.165, 1.54) is 0 Å². The Hall–Kier alpha value is -1.93. The molecule has 0 saturated carbocycles. The number of aromatic nitrogens is 1. The van der Waals surface area contributed by atoms with Crippen molar-refractivity contribution in [2.75, 3.05) is 5.32 Å². The first-order chi connectivity index (χ1) is 9.11. The van der Waals surface area contributed by atoms with Crippen molar-refractivity contribution in [1.29, 1.82) is 5.26 Å². The first-order valence-corrected chi connectivity index (χ1v) is 6.45. The maximum Gasteiger partial charge on any atom is 0.161 e. The molecule has 0 fully saturated rings. The van der Waals surface area contributed by atoms with Crippen LogP contribution in [0, 0.1) is 24.1 Å². The molecule has 1 aromatic heterocycles. The molecule has 1 heterocycles. The highest BCUT2D eigenvalue weighted by Gasteiger charge is 2.10. The molecule has 0 aliphatic rings. The van der Waals surface area contributed by atoms with Gasteiger partial charge in [-0.15, -0.1) is 0 Å². The van der Waals surface area contributed by atoms with Gasteiger partial charge in [-0.1, -0.05) is 6.07 Å². The van der Waals surface area contributed by atoms with Crippen molar-refractivity contribution in [2.45, 2.75) is 13.5 Å². The summed E-state index contributed by atoms with van der Waals surface area (Å²) in [6.45, 7) is 2.33. The Labute approximate surface area is 119 Å². The van der Waals surface area contributed by atoms with Gasteiger partial charge in [-0.3, -0.25) is 4.98 Å². The van der Waals surface area contributed by atoms with E-state index in [4.69, 9.17) is 5.26 Å². The third kappa shape index (κ3) is 3.09. The Kier molecular flexibility index (Phi) is 4.13. The Morgan fingerprint density at radius 2 is 2.16 bits per heavy atom. The van der Waals surface area contributed by atoms with Crippen molar-refractivity contribution in [3.8, 4) is 6.07 Å². The minimum absolute atomic E-state index is 0.178. The van der Waals surface area contributed by atoms with Crippen LogP contribution in [0.4, 0.5) is 10.1 Å².